The summed E-state index contributed by atoms with van der Waals surface area (Å²) in [6, 6.07) is 12.3. The Bertz CT molecular complexity index is 643. The number of ketones is 1. The second-order valence-corrected chi connectivity index (χ2v) is 5.31. The van der Waals surface area contributed by atoms with Crippen molar-refractivity contribution in [3.63, 3.8) is 0 Å². The van der Waals surface area contributed by atoms with Crippen LogP contribution in [0.15, 0.2) is 46.9 Å². The smallest absolute Gasteiger partial charge is 0.198 e. The van der Waals surface area contributed by atoms with E-state index in [4.69, 9.17) is 15.2 Å². The van der Waals surface area contributed by atoms with Gasteiger partial charge in [0.05, 0.1) is 12.2 Å². The van der Waals surface area contributed by atoms with Gasteiger partial charge in [0, 0.05) is 22.8 Å². The second kappa shape index (κ2) is 7.24. The summed E-state index contributed by atoms with van der Waals surface area (Å²) in [5.41, 5.74) is 7.30. The first-order chi connectivity index (χ1) is 10.1. The SMILES string of the molecule is COCCOc1ccccc1C(=O)c1ccc(Br)cc1N. The Balaban J connectivity index is 2.30. The van der Waals surface area contributed by atoms with E-state index in [1.54, 1.807) is 43.5 Å². The third-order valence-electron chi connectivity index (χ3n) is 2.93. The Morgan fingerprint density at radius 1 is 1.14 bits per heavy atom. The molecule has 0 bridgehead atoms. The minimum atomic E-state index is -0.159. The molecule has 0 heterocycles. The summed E-state index contributed by atoms with van der Waals surface area (Å²) in [5.74, 6) is 0.370. The molecule has 0 unspecified atom stereocenters. The van der Waals surface area contributed by atoms with E-state index in [1.807, 2.05) is 6.07 Å². The van der Waals surface area contributed by atoms with Crippen LogP contribution in [0.3, 0.4) is 0 Å². The van der Waals surface area contributed by atoms with Crippen molar-refractivity contribution in [1.82, 2.24) is 0 Å². The lowest BCUT2D eigenvalue weighted by molar-refractivity contribution is 0.103. The van der Waals surface area contributed by atoms with Crippen LogP contribution in [0.1, 0.15) is 15.9 Å². The fourth-order valence-electron chi connectivity index (χ4n) is 1.90. The van der Waals surface area contributed by atoms with Gasteiger partial charge in [-0.05, 0) is 30.3 Å². The number of hydrogen-bond donors (Lipinski definition) is 1. The molecule has 21 heavy (non-hydrogen) atoms. The highest BCUT2D eigenvalue weighted by Gasteiger charge is 2.16. The van der Waals surface area contributed by atoms with Gasteiger partial charge in [-0.2, -0.15) is 0 Å². The van der Waals surface area contributed by atoms with E-state index in [0.29, 0.717) is 35.8 Å². The number of halogens is 1. The molecule has 2 aromatic rings. The van der Waals surface area contributed by atoms with Crippen LogP contribution in [0, 0.1) is 0 Å². The van der Waals surface area contributed by atoms with E-state index < -0.39 is 0 Å². The number of benzene rings is 2. The summed E-state index contributed by atoms with van der Waals surface area (Å²) < 4.78 is 11.4. The molecule has 0 saturated heterocycles. The van der Waals surface area contributed by atoms with E-state index in [1.165, 1.54) is 0 Å². The normalized spacial score (nSPS) is 10.4. The van der Waals surface area contributed by atoms with E-state index in [0.717, 1.165) is 4.47 Å². The molecule has 5 heteroatoms. The zero-order chi connectivity index (χ0) is 15.2. The minimum Gasteiger partial charge on any atom is -0.490 e. The van der Waals surface area contributed by atoms with Gasteiger partial charge in [-0.15, -0.1) is 0 Å². The largest absolute Gasteiger partial charge is 0.490 e. The van der Waals surface area contributed by atoms with Crippen molar-refractivity contribution in [2.24, 2.45) is 0 Å². The standard InChI is InChI=1S/C16H16BrNO3/c1-20-8-9-21-15-5-3-2-4-13(15)16(19)12-7-6-11(17)10-14(12)18/h2-7,10H,8-9,18H2,1H3. The Morgan fingerprint density at radius 3 is 2.62 bits per heavy atom. The lowest BCUT2D eigenvalue weighted by Crippen LogP contribution is -2.10. The topological polar surface area (TPSA) is 61.5 Å². The fraction of sp³-hybridized carbons (Fsp3) is 0.188. The van der Waals surface area contributed by atoms with Crippen molar-refractivity contribution in [3.8, 4) is 5.75 Å². The molecule has 0 fully saturated rings. The van der Waals surface area contributed by atoms with Gasteiger partial charge < -0.3 is 15.2 Å². The average molecular weight is 350 g/mol. The maximum atomic E-state index is 12.6. The first-order valence-electron chi connectivity index (χ1n) is 6.44. The minimum absolute atomic E-state index is 0.159. The molecule has 0 spiro atoms. The predicted molar refractivity (Wildman–Crippen MR) is 85.8 cm³/mol. The highest BCUT2D eigenvalue weighted by molar-refractivity contribution is 9.10. The number of nitrogen functional groups attached to an aromatic ring is 1. The van der Waals surface area contributed by atoms with Gasteiger partial charge >= 0.3 is 0 Å². The van der Waals surface area contributed by atoms with Crippen LogP contribution >= 0.6 is 15.9 Å². The van der Waals surface area contributed by atoms with Gasteiger partial charge in [-0.25, -0.2) is 0 Å². The summed E-state index contributed by atoms with van der Waals surface area (Å²) in [7, 11) is 1.60. The molecule has 4 nitrogen and oxygen atoms in total. The van der Waals surface area contributed by atoms with Gasteiger partial charge in [-0.1, -0.05) is 28.1 Å². The van der Waals surface area contributed by atoms with Crippen molar-refractivity contribution in [2.75, 3.05) is 26.1 Å². The monoisotopic (exact) mass is 349 g/mol. The molecule has 0 aliphatic rings. The van der Waals surface area contributed by atoms with Gasteiger partial charge in [0.2, 0.25) is 0 Å². The average Bonchev–Trinajstić information content (AvgIpc) is 2.47. The number of carbonyl (C=O) groups is 1. The van der Waals surface area contributed by atoms with Crippen molar-refractivity contribution in [3.05, 3.63) is 58.1 Å². The maximum absolute atomic E-state index is 12.6. The van der Waals surface area contributed by atoms with Gasteiger partial charge in [0.1, 0.15) is 12.4 Å². The summed E-state index contributed by atoms with van der Waals surface area (Å²) in [6.07, 6.45) is 0. The highest BCUT2D eigenvalue weighted by atomic mass is 79.9. The van der Waals surface area contributed by atoms with Crippen molar-refractivity contribution in [2.45, 2.75) is 0 Å². The Labute approximate surface area is 132 Å². The third kappa shape index (κ3) is 3.83. The zero-order valence-corrected chi connectivity index (χ0v) is 13.2. The molecule has 2 aromatic carbocycles. The third-order valence-corrected chi connectivity index (χ3v) is 3.43. The van der Waals surface area contributed by atoms with Crippen LogP contribution in [0.4, 0.5) is 5.69 Å². The van der Waals surface area contributed by atoms with Crippen LogP contribution in [-0.4, -0.2) is 26.1 Å². The van der Waals surface area contributed by atoms with Crippen molar-refractivity contribution >= 4 is 27.4 Å². The molecular formula is C16H16BrNO3. The summed E-state index contributed by atoms with van der Waals surface area (Å²) in [6.45, 7) is 0.847. The van der Waals surface area contributed by atoms with E-state index in [9.17, 15) is 4.79 Å². The number of rotatable bonds is 6. The summed E-state index contributed by atoms with van der Waals surface area (Å²) >= 11 is 3.33. The Kier molecular flexibility index (Phi) is 5.36. The maximum Gasteiger partial charge on any atom is 0.198 e. The molecule has 0 atom stereocenters. The van der Waals surface area contributed by atoms with Gasteiger partial charge in [-0.3, -0.25) is 4.79 Å². The molecule has 2 rings (SSSR count). The summed E-state index contributed by atoms with van der Waals surface area (Å²) in [5, 5.41) is 0. The number of anilines is 1. The van der Waals surface area contributed by atoms with Gasteiger partial charge in [0.25, 0.3) is 0 Å². The lowest BCUT2D eigenvalue weighted by Gasteiger charge is -2.11. The number of ether oxygens (including phenoxy) is 2. The predicted octanol–water partition coefficient (Wildman–Crippen LogP) is 3.29. The fourth-order valence-corrected chi connectivity index (χ4v) is 2.28. The van der Waals surface area contributed by atoms with Crippen LogP contribution in [-0.2, 0) is 4.74 Å². The van der Waals surface area contributed by atoms with Crippen molar-refractivity contribution < 1.29 is 14.3 Å². The molecule has 0 saturated carbocycles. The second-order valence-electron chi connectivity index (χ2n) is 4.40. The Hall–Kier alpha value is -1.85. The highest BCUT2D eigenvalue weighted by Crippen LogP contribution is 2.26. The number of para-hydroxylation sites is 1. The zero-order valence-electron chi connectivity index (χ0n) is 11.6. The van der Waals surface area contributed by atoms with E-state index >= 15 is 0 Å². The quantitative estimate of drug-likeness (QED) is 0.493. The van der Waals surface area contributed by atoms with E-state index in [-0.39, 0.29) is 5.78 Å². The lowest BCUT2D eigenvalue weighted by atomic mass is 10.0. The molecule has 110 valence electrons. The first kappa shape index (κ1) is 15.5. The molecule has 0 amide bonds. The molecule has 0 radical (unpaired) electrons. The van der Waals surface area contributed by atoms with Crippen LogP contribution < -0.4 is 10.5 Å². The number of methoxy groups -OCH3 is 1. The van der Waals surface area contributed by atoms with E-state index in [2.05, 4.69) is 15.9 Å². The molecular weight excluding hydrogens is 334 g/mol. The molecule has 2 N–H and O–H groups in total. The number of nitrogens with two attached hydrogens (primary N) is 1. The number of hydrogen-bond acceptors (Lipinski definition) is 4. The van der Waals surface area contributed by atoms with Crippen molar-refractivity contribution in [1.29, 1.82) is 0 Å². The first-order valence-corrected chi connectivity index (χ1v) is 7.23. The van der Waals surface area contributed by atoms with Crippen LogP contribution in [0.25, 0.3) is 0 Å². The van der Waals surface area contributed by atoms with Gasteiger partial charge in [0.15, 0.2) is 5.78 Å². The molecule has 0 aliphatic heterocycles. The van der Waals surface area contributed by atoms with Crippen LogP contribution in [0.2, 0.25) is 0 Å². The van der Waals surface area contributed by atoms with Crippen LogP contribution in [0.5, 0.6) is 5.75 Å². The molecule has 0 aliphatic carbocycles. The number of carbonyl (C=O) groups excluding carboxylic acids is 1. The Morgan fingerprint density at radius 2 is 1.90 bits per heavy atom. The summed E-state index contributed by atoms with van der Waals surface area (Å²) in [4.78, 5) is 12.6. The molecule has 0 aromatic heterocycles.